The molecule has 1 fully saturated rings. The van der Waals surface area contributed by atoms with Gasteiger partial charge in [0.25, 0.3) is 5.56 Å². The summed E-state index contributed by atoms with van der Waals surface area (Å²) in [6.07, 6.45) is 0.872. The molecule has 0 bridgehead atoms. The van der Waals surface area contributed by atoms with Gasteiger partial charge in [0.05, 0.1) is 17.6 Å². The van der Waals surface area contributed by atoms with Gasteiger partial charge in [-0.05, 0) is 24.5 Å². The van der Waals surface area contributed by atoms with Gasteiger partial charge in [0.1, 0.15) is 11.3 Å². The zero-order valence-electron chi connectivity index (χ0n) is 18.2. The number of amides is 1. The van der Waals surface area contributed by atoms with Gasteiger partial charge in [-0.2, -0.15) is 0 Å². The molecule has 0 unspecified atom stereocenters. The van der Waals surface area contributed by atoms with E-state index in [9.17, 15) is 19.2 Å². The van der Waals surface area contributed by atoms with Crippen LogP contribution in [0.5, 0.6) is 0 Å². The fraction of sp³-hybridized carbons (Fsp3) is 0.364. The number of nitrogens with one attached hydrogen (secondary N) is 1. The van der Waals surface area contributed by atoms with Crippen LogP contribution in [0.1, 0.15) is 28.8 Å². The number of carbonyl (C=O) groups is 2. The van der Waals surface area contributed by atoms with Crippen LogP contribution >= 0.6 is 11.6 Å². The number of aryl methyl sites for hydroxylation is 1. The number of rotatable bonds is 5. The number of benzene rings is 1. The van der Waals surface area contributed by atoms with Crippen molar-refractivity contribution in [1.82, 2.24) is 19.0 Å². The van der Waals surface area contributed by atoms with Crippen LogP contribution in [-0.4, -0.2) is 50.3 Å². The first-order chi connectivity index (χ1) is 15.7. The maximum atomic E-state index is 13.2. The molecule has 4 rings (SSSR count). The largest absolute Gasteiger partial charge is 0.465 e. The van der Waals surface area contributed by atoms with Crippen molar-refractivity contribution in [3.8, 4) is 0 Å². The summed E-state index contributed by atoms with van der Waals surface area (Å²) >= 11 is 6.40. The minimum atomic E-state index is -1.12. The van der Waals surface area contributed by atoms with Gasteiger partial charge >= 0.3 is 11.8 Å². The van der Waals surface area contributed by atoms with Crippen molar-refractivity contribution in [3.63, 3.8) is 0 Å². The number of aldehydes is 1. The van der Waals surface area contributed by atoms with Crippen LogP contribution in [0, 0.1) is 0 Å². The Kier molecular flexibility index (Phi) is 6.03. The third-order valence-electron chi connectivity index (χ3n) is 6.12. The third-order valence-corrected chi connectivity index (χ3v) is 6.48. The van der Waals surface area contributed by atoms with Gasteiger partial charge in [0.2, 0.25) is 0 Å². The summed E-state index contributed by atoms with van der Waals surface area (Å²) in [6, 6.07) is 6.86. The van der Waals surface area contributed by atoms with Gasteiger partial charge in [0.15, 0.2) is 6.29 Å². The molecule has 1 aromatic carbocycles. The lowest BCUT2D eigenvalue weighted by molar-refractivity contribution is 0.112. The number of fused-ring (bicyclic) bond motifs is 1. The maximum Gasteiger partial charge on any atom is 0.404 e. The molecule has 0 spiro atoms. The second-order valence-corrected chi connectivity index (χ2v) is 8.58. The van der Waals surface area contributed by atoms with Crippen molar-refractivity contribution in [2.24, 2.45) is 14.1 Å². The smallest absolute Gasteiger partial charge is 0.404 e. The van der Waals surface area contributed by atoms with Gasteiger partial charge in [-0.25, -0.2) is 9.59 Å². The highest BCUT2D eigenvalue weighted by molar-refractivity contribution is 6.31. The summed E-state index contributed by atoms with van der Waals surface area (Å²) in [7, 11) is 2.91. The van der Waals surface area contributed by atoms with Gasteiger partial charge in [0, 0.05) is 38.2 Å². The third kappa shape index (κ3) is 3.91. The van der Waals surface area contributed by atoms with Crippen LogP contribution in [0.25, 0.3) is 11.0 Å². The molecule has 1 atom stereocenters. The Balaban J connectivity index is 2.01. The first-order valence-electron chi connectivity index (χ1n) is 10.5. The molecule has 2 N–H and O–H groups in total. The van der Waals surface area contributed by atoms with E-state index in [4.69, 9.17) is 16.7 Å². The van der Waals surface area contributed by atoms with E-state index in [-0.39, 0.29) is 29.2 Å². The number of piperidine rings is 1. The summed E-state index contributed by atoms with van der Waals surface area (Å²) in [5.74, 6) is 0.468. The van der Waals surface area contributed by atoms with Gasteiger partial charge in [-0.15, -0.1) is 0 Å². The minimum absolute atomic E-state index is 0.195. The monoisotopic (exact) mass is 473 g/mol. The standard InChI is InChI=1S/C22H24ClN5O5/c1-25-17-15(12-29)19(27-9-5-7-14(11-27)24-21(31)32)28(10-13-6-3-4-8-16(13)23)18(17)20(30)26(2)22(25)33/h3-4,6,8,12,14,24H,5,7,9-11H2,1-2H3,(H,31,32)/t14-/m1/s1. The second-order valence-electron chi connectivity index (χ2n) is 8.17. The molecule has 11 heteroatoms. The second kappa shape index (κ2) is 8.78. The number of nitrogens with zero attached hydrogens (tertiary/aromatic N) is 4. The van der Waals surface area contributed by atoms with E-state index in [1.165, 1.54) is 18.7 Å². The zero-order chi connectivity index (χ0) is 23.9. The summed E-state index contributed by atoms with van der Waals surface area (Å²) in [5.41, 5.74) is 0.347. The molecular weight excluding hydrogens is 450 g/mol. The number of aromatic nitrogens is 3. The van der Waals surface area contributed by atoms with Crippen LogP contribution in [0.3, 0.4) is 0 Å². The predicted octanol–water partition coefficient (Wildman–Crippen LogP) is 1.79. The van der Waals surface area contributed by atoms with Crippen LogP contribution in [0.4, 0.5) is 10.6 Å². The van der Waals surface area contributed by atoms with Gasteiger partial charge < -0.3 is 19.9 Å². The van der Waals surface area contributed by atoms with Crippen molar-refractivity contribution in [1.29, 1.82) is 0 Å². The Bertz CT molecular complexity index is 1370. The topological polar surface area (TPSA) is 119 Å². The van der Waals surface area contributed by atoms with E-state index in [1.807, 2.05) is 17.0 Å². The Labute approximate surface area is 193 Å². The van der Waals surface area contributed by atoms with E-state index in [0.717, 1.165) is 10.1 Å². The zero-order valence-corrected chi connectivity index (χ0v) is 19.0. The van der Waals surface area contributed by atoms with E-state index >= 15 is 0 Å². The first-order valence-corrected chi connectivity index (χ1v) is 10.9. The first kappa shape index (κ1) is 22.7. The number of hydrogen-bond acceptors (Lipinski definition) is 5. The molecule has 1 aliphatic rings. The number of halogens is 1. The van der Waals surface area contributed by atoms with Crippen molar-refractivity contribution < 1.29 is 14.7 Å². The molecule has 174 valence electrons. The summed E-state index contributed by atoms with van der Waals surface area (Å²) < 4.78 is 4.02. The highest BCUT2D eigenvalue weighted by Crippen LogP contribution is 2.33. The van der Waals surface area contributed by atoms with E-state index < -0.39 is 17.3 Å². The average molecular weight is 474 g/mol. The molecule has 0 aliphatic carbocycles. The van der Waals surface area contributed by atoms with E-state index in [1.54, 1.807) is 16.7 Å². The van der Waals surface area contributed by atoms with Crippen LogP contribution in [0.2, 0.25) is 5.02 Å². The number of carbonyl (C=O) groups excluding carboxylic acids is 1. The lowest BCUT2D eigenvalue weighted by atomic mass is 10.1. The summed E-state index contributed by atoms with van der Waals surface area (Å²) in [6.45, 7) is 1.08. The molecule has 33 heavy (non-hydrogen) atoms. The van der Waals surface area contributed by atoms with E-state index in [2.05, 4.69) is 5.32 Å². The fourth-order valence-electron chi connectivity index (χ4n) is 4.60. The molecular formula is C22H24ClN5O5. The molecule has 2 aromatic heterocycles. The molecule has 1 saturated heterocycles. The predicted molar refractivity (Wildman–Crippen MR) is 125 cm³/mol. The molecule has 1 amide bonds. The Morgan fingerprint density at radius 1 is 1.21 bits per heavy atom. The maximum absolute atomic E-state index is 13.2. The number of hydrogen-bond donors (Lipinski definition) is 2. The Morgan fingerprint density at radius 3 is 2.61 bits per heavy atom. The Hall–Kier alpha value is -3.53. The van der Waals surface area contributed by atoms with Crippen molar-refractivity contribution >= 4 is 40.8 Å². The molecule has 3 heterocycles. The van der Waals surface area contributed by atoms with Crippen LogP contribution in [-0.2, 0) is 20.6 Å². The molecule has 0 radical (unpaired) electrons. The van der Waals surface area contributed by atoms with Gasteiger partial charge in [-0.3, -0.25) is 18.7 Å². The van der Waals surface area contributed by atoms with Crippen molar-refractivity contribution in [2.75, 3.05) is 18.0 Å². The molecule has 3 aromatic rings. The molecule has 1 aliphatic heterocycles. The normalized spacial score (nSPS) is 16.2. The highest BCUT2D eigenvalue weighted by Gasteiger charge is 2.30. The fourth-order valence-corrected chi connectivity index (χ4v) is 4.79. The van der Waals surface area contributed by atoms with E-state index in [0.29, 0.717) is 43.1 Å². The lowest BCUT2D eigenvalue weighted by Crippen LogP contribution is -2.48. The minimum Gasteiger partial charge on any atom is -0.465 e. The quantitative estimate of drug-likeness (QED) is 0.545. The lowest BCUT2D eigenvalue weighted by Gasteiger charge is -2.35. The number of carboxylic acid groups (broad SMARTS) is 1. The van der Waals surface area contributed by atoms with Gasteiger partial charge in [-0.1, -0.05) is 29.8 Å². The Morgan fingerprint density at radius 2 is 1.94 bits per heavy atom. The van der Waals surface area contributed by atoms with Crippen LogP contribution in [0.15, 0.2) is 33.9 Å². The highest BCUT2D eigenvalue weighted by atomic mass is 35.5. The molecule has 10 nitrogen and oxygen atoms in total. The summed E-state index contributed by atoms with van der Waals surface area (Å²) in [5, 5.41) is 12.2. The SMILES string of the molecule is Cn1c(=O)c2c(c(C=O)c(N3CCC[C@@H](NC(=O)O)C3)n2Cc2ccccc2Cl)n(C)c1=O. The number of anilines is 1. The van der Waals surface area contributed by atoms with Crippen molar-refractivity contribution in [2.45, 2.75) is 25.4 Å². The average Bonchev–Trinajstić information content (AvgIpc) is 3.11. The summed E-state index contributed by atoms with van der Waals surface area (Å²) in [4.78, 5) is 51.3. The van der Waals surface area contributed by atoms with Crippen molar-refractivity contribution in [3.05, 3.63) is 61.3 Å². The van der Waals surface area contributed by atoms with Crippen LogP contribution < -0.4 is 21.5 Å². The molecule has 0 saturated carbocycles.